The molecule has 2 bridgehead atoms. The van der Waals surface area contributed by atoms with E-state index in [1.54, 1.807) is 7.11 Å². The molecule has 108 valence electrons. The highest BCUT2D eigenvalue weighted by molar-refractivity contribution is 5.84. The largest absolute Gasteiger partial charge is 0.497 e. The van der Waals surface area contributed by atoms with Crippen LogP contribution in [0.5, 0.6) is 5.75 Å². The molecule has 1 aromatic rings. The van der Waals surface area contributed by atoms with E-state index in [0.717, 1.165) is 24.3 Å². The van der Waals surface area contributed by atoms with Crippen LogP contribution in [0.2, 0.25) is 0 Å². The number of fused-ring (bicyclic) bond motifs is 3. The van der Waals surface area contributed by atoms with E-state index in [-0.39, 0.29) is 17.4 Å². The third kappa shape index (κ3) is 2.09. The van der Waals surface area contributed by atoms with Crippen LogP contribution in [0.1, 0.15) is 33.1 Å². The maximum Gasteiger partial charge on any atom is 0.138 e. The first-order valence-corrected chi connectivity index (χ1v) is 7.45. The number of hydrogen-bond acceptors (Lipinski definition) is 3. The first-order valence-electron chi connectivity index (χ1n) is 7.45. The molecule has 3 nitrogen and oxygen atoms in total. The van der Waals surface area contributed by atoms with Gasteiger partial charge < -0.3 is 10.1 Å². The van der Waals surface area contributed by atoms with E-state index in [1.807, 2.05) is 24.3 Å². The highest BCUT2D eigenvalue weighted by Crippen LogP contribution is 2.51. The first kappa shape index (κ1) is 13.5. The van der Waals surface area contributed by atoms with Crippen LogP contribution < -0.4 is 10.1 Å². The predicted molar refractivity (Wildman–Crippen MR) is 80.0 cm³/mol. The number of ether oxygens (including phenoxy) is 1. The summed E-state index contributed by atoms with van der Waals surface area (Å²) in [6, 6.07) is 8.22. The van der Waals surface area contributed by atoms with Crippen LogP contribution >= 0.6 is 0 Å². The van der Waals surface area contributed by atoms with Crippen molar-refractivity contribution < 1.29 is 9.53 Å². The number of benzene rings is 1. The minimum Gasteiger partial charge on any atom is -0.497 e. The van der Waals surface area contributed by atoms with Gasteiger partial charge in [0, 0.05) is 24.1 Å². The Morgan fingerprint density at radius 3 is 2.50 bits per heavy atom. The van der Waals surface area contributed by atoms with E-state index in [2.05, 4.69) is 19.2 Å². The molecule has 3 aliphatic rings. The lowest BCUT2D eigenvalue weighted by atomic mass is 9.54. The maximum atomic E-state index is 12.2. The molecule has 1 aromatic carbocycles. The van der Waals surface area contributed by atoms with Crippen LogP contribution in [-0.4, -0.2) is 18.9 Å². The molecule has 0 heterocycles. The fourth-order valence-electron chi connectivity index (χ4n) is 3.95. The average molecular weight is 273 g/mol. The molecule has 0 aromatic heterocycles. The molecule has 0 amide bonds. The first-order chi connectivity index (χ1) is 9.52. The van der Waals surface area contributed by atoms with Crippen LogP contribution in [0.3, 0.4) is 0 Å². The van der Waals surface area contributed by atoms with Crippen LogP contribution in [0.25, 0.3) is 0 Å². The molecule has 3 aliphatic carbocycles. The number of nitrogens with one attached hydrogen (secondary N) is 1. The number of Topliss-reactive ketones (excluding diaryl/α,β-unsaturated/α-hetero) is 1. The van der Waals surface area contributed by atoms with Crippen molar-refractivity contribution in [2.24, 2.45) is 17.3 Å². The van der Waals surface area contributed by atoms with Crippen molar-refractivity contribution in [2.45, 2.75) is 39.2 Å². The van der Waals surface area contributed by atoms with Gasteiger partial charge in [0.15, 0.2) is 0 Å². The summed E-state index contributed by atoms with van der Waals surface area (Å²) in [6.07, 6.45) is 3.02. The fourth-order valence-corrected chi connectivity index (χ4v) is 3.95. The van der Waals surface area contributed by atoms with Crippen molar-refractivity contribution in [1.82, 2.24) is 0 Å². The molecule has 0 radical (unpaired) electrons. The van der Waals surface area contributed by atoms with Crippen molar-refractivity contribution in [2.75, 3.05) is 12.4 Å². The minimum absolute atomic E-state index is 0.177. The van der Waals surface area contributed by atoms with E-state index < -0.39 is 0 Å². The molecule has 0 aliphatic heterocycles. The van der Waals surface area contributed by atoms with Gasteiger partial charge in [-0.15, -0.1) is 0 Å². The Balaban J connectivity index is 1.82. The SMILES string of the molecule is COc1ccc(N[C@H]2[C@@H]3CC[C@@H](CC3=O)C2(C)C)cc1. The second kappa shape index (κ2) is 4.80. The molecular formula is C17H23NO2. The van der Waals surface area contributed by atoms with E-state index >= 15 is 0 Å². The molecule has 1 N–H and O–H groups in total. The Morgan fingerprint density at radius 2 is 1.90 bits per heavy atom. The quantitative estimate of drug-likeness (QED) is 0.916. The zero-order valence-corrected chi connectivity index (χ0v) is 12.5. The fraction of sp³-hybridized carbons (Fsp3) is 0.588. The van der Waals surface area contributed by atoms with E-state index in [0.29, 0.717) is 11.7 Å². The molecule has 4 rings (SSSR count). The Morgan fingerprint density at radius 1 is 1.20 bits per heavy atom. The summed E-state index contributed by atoms with van der Waals surface area (Å²) in [6.45, 7) is 4.61. The van der Waals surface area contributed by atoms with Crippen molar-refractivity contribution in [3.8, 4) is 5.75 Å². The van der Waals surface area contributed by atoms with Crippen molar-refractivity contribution in [3.63, 3.8) is 0 Å². The van der Waals surface area contributed by atoms with Gasteiger partial charge >= 0.3 is 0 Å². The van der Waals surface area contributed by atoms with Gasteiger partial charge in [0.25, 0.3) is 0 Å². The monoisotopic (exact) mass is 273 g/mol. The average Bonchev–Trinajstić information content (AvgIpc) is 2.44. The van der Waals surface area contributed by atoms with Gasteiger partial charge in [-0.3, -0.25) is 4.79 Å². The Labute approximate surface area is 120 Å². The highest BCUT2D eigenvalue weighted by atomic mass is 16.5. The number of rotatable bonds is 3. The molecule has 0 spiro atoms. The Hall–Kier alpha value is -1.51. The van der Waals surface area contributed by atoms with Crippen LogP contribution in [0.4, 0.5) is 5.69 Å². The maximum absolute atomic E-state index is 12.2. The van der Waals surface area contributed by atoms with Gasteiger partial charge in [0.2, 0.25) is 0 Å². The Kier molecular flexibility index (Phi) is 3.23. The molecule has 3 fully saturated rings. The lowest BCUT2D eigenvalue weighted by molar-refractivity contribution is -0.136. The van der Waals surface area contributed by atoms with Crippen LogP contribution in [0, 0.1) is 17.3 Å². The summed E-state index contributed by atoms with van der Waals surface area (Å²) >= 11 is 0. The van der Waals surface area contributed by atoms with E-state index in [1.165, 1.54) is 6.42 Å². The second-order valence-electron chi connectivity index (χ2n) is 6.72. The second-order valence-corrected chi connectivity index (χ2v) is 6.72. The van der Waals surface area contributed by atoms with Gasteiger partial charge in [-0.1, -0.05) is 13.8 Å². The molecule has 0 saturated heterocycles. The van der Waals surface area contributed by atoms with Gasteiger partial charge in [-0.25, -0.2) is 0 Å². The van der Waals surface area contributed by atoms with Gasteiger partial charge in [0.1, 0.15) is 11.5 Å². The summed E-state index contributed by atoms with van der Waals surface area (Å²) in [7, 11) is 1.67. The van der Waals surface area contributed by atoms with Crippen LogP contribution in [0.15, 0.2) is 24.3 Å². The third-order valence-electron chi connectivity index (χ3n) is 5.36. The van der Waals surface area contributed by atoms with Gasteiger partial charge in [0.05, 0.1) is 7.11 Å². The molecule has 20 heavy (non-hydrogen) atoms. The summed E-state index contributed by atoms with van der Waals surface area (Å²) in [5.74, 6) is 2.01. The number of carbonyl (C=O) groups is 1. The summed E-state index contributed by atoms with van der Waals surface area (Å²) in [4.78, 5) is 12.2. The lowest BCUT2D eigenvalue weighted by Crippen LogP contribution is -2.57. The van der Waals surface area contributed by atoms with E-state index in [9.17, 15) is 4.79 Å². The zero-order chi connectivity index (χ0) is 14.3. The summed E-state index contributed by atoms with van der Waals surface area (Å²) in [5, 5.41) is 3.61. The zero-order valence-electron chi connectivity index (χ0n) is 12.5. The number of carbonyl (C=O) groups excluding carboxylic acids is 1. The third-order valence-corrected chi connectivity index (χ3v) is 5.36. The van der Waals surface area contributed by atoms with Gasteiger partial charge in [-0.05, 0) is 48.4 Å². The molecule has 3 saturated carbocycles. The Bertz CT molecular complexity index is 506. The van der Waals surface area contributed by atoms with Crippen molar-refractivity contribution >= 4 is 11.5 Å². The van der Waals surface area contributed by atoms with E-state index in [4.69, 9.17) is 4.74 Å². The predicted octanol–water partition coefficient (Wildman–Crippen LogP) is 3.50. The number of methoxy groups -OCH3 is 1. The summed E-state index contributed by atoms with van der Waals surface area (Å²) in [5.41, 5.74) is 1.25. The topological polar surface area (TPSA) is 38.3 Å². The molecule has 3 atom stereocenters. The van der Waals surface area contributed by atoms with Crippen molar-refractivity contribution in [1.29, 1.82) is 0 Å². The number of ketones is 1. The number of hydrogen-bond donors (Lipinski definition) is 1. The standard InChI is InChI=1S/C17H23NO2/c1-17(2)11-4-9-14(15(19)10-11)16(17)18-12-5-7-13(20-3)8-6-12/h5-8,11,14,16,18H,4,9-10H2,1-3H3/t11-,14+,16-/m0/s1. The minimum atomic E-state index is 0.177. The number of anilines is 1. The lowest BCUT2D eigenvalue weighted by Gasteiger charge is -2.53. The molecule has 3 heteroatoms. The van der Waals surface area contributed by atoms with Crippen molar-refractivity contribution in [3.05, 3.63) is 24.3 Å². The van der Waals surface area contributed by atoms with Gasteiger partial charge in [-0.2, -0.15) is 0 Å². The smallest absolute Gasteiger partial charge is 0.138 e. The molecular weight excluding hydrogens is 250 g/mol. The van der Waals surface area contributed by atoms with Crippen LogP contribution in [-0.2, 0) is 4.79 Å². The highest BCUT2D eigenvalue weighted by Gasteiger charge is 2.52. The normalized spacial score (nSPS) is 31.1. The summed E-state index contributed by atoms with van der Waals surface area (Å²) < 4.78 is 5.18. The molecule has 0 unspecified atom stereocenters.